The summed E-state index contributed by atoms with van der Waals surface area (Å²) in [5.74, 6) is -0.0866. The molecule has 0 spiro atoms. The van der Waals surface area contributed by atoms with E-state index in [1.807, 2.05) is 31.2 Å². The summed E-state index contributed by atoms with van der Waals surface area (Å²) in [6, 6.07) is 7.51. The second-order valence-electron chi connectivity index (χ2n) is 4.60. The van der Waals surface area contributed by atoms with Gasteiger partial charge in [0, 0.05) is 11.9 Å². The van der Waals surface area contributed by atoms with Crippen molar-refractivity contribution in [2.75, 3.05) is 5.32 Å². The van der Waals surface area contributed by atoms with Crippen LogP contribution in [0.4, 0.5) is 5.69 Å². The van der Waals surface area contributed by atoms with Gasteiger partial charge in [0.05, 0.1) is 11.2 Å². The number of aromatic nitrogens is 2. The lowest BCUT2D eigenvalue weighted by molar-refractivity contribution is -0.119. The number of carbonyl (C=O) groups is 1. The number of benzene rings is 1. The second kappa shape index (κ2) is 6.57. The van der Waals surface area contributed by atoms with Crippen molar-refractivity contribution in [3.63, 3.8) is 0 Å². The predicted octanol–water partition coefficient (Wildman–Crippen LogP) is 3.69. The van der Waals surface area contributed by atoms with Crippen LogP contribution in [0.1, 0.15) is 31.9 Å². The molecule has 0 aliphatic rings. The molecule has 0 saturated heterocycles. The number of nitrogens with one attached hydrogen (secondary N) is 1. The largest absolute Gasteiger partial charge is 0.324 e. The van der Waals surface area contributed by atoms with Crippen molar-refractivity contribution in [2.24, 2.45) is 0 Å². The van der Waals surface area contributed by atoms with Gasteiger partial charge in [-0.25, -0.2) is 0 Å². The van der Waals surface area contributed by atoms with E-state index >= 15 is 0 Å². The fourth-order valence-electron chi connectivity index (χ4n) is 2.03. The van der Waals surface area contributed by atoms with E-state index in [-0.39, 0.29) is 11.9 Å². The number of hydrogen-bond acceptors (Lipinski definition) is 2. The van der Waals surface area contributed by atoms with Crippen molar-refractivity contribution in [1.82, 2.24) is 9.78 Å². The fourth-order valence-corrected chi connectivity index (χ4v) is 2.17. The molecule has 0 unspecified atom stereocenters. The number of halogens is 1. The number of aryl methyl sites for hydroxylation is 1. The molecule has 1 heterocycles. The fraction of sp³-hybridized carbons (Fsp3) is 0.333. The molecule has 1 aromatic heterocycles. The van der Waals surface area contributed by atoms with Gasteiger partial charge in [0.25, 0.3) is 0 Å². The highest BCUT2D eigenvalue weighted by Crippen LogP contribution is 2.17. The molecule has 4 nitrogen and oxygen atoms in total. The van der Waals surface area contributed by atoms with Crippen LogP contribution in [-0.2, 0) is 11.2 Å². The van der Waals surface area contributed by atoms with Crippen LogP contribution in [-0.4, -0.2) is 15.7 Å². The van der Waals surface area contributed by atoms with E-state index in [2.05, 4.69) is 17.3 Å². The van der Waals surface area contributed by atoms with Crippen LogP contribution in [0.25, 0.3) is 0 Å². The Morgan fingerprint density at radius 1 is 1.35 bits per heavy atom. The molecule has 0 saturated carbocycles. The number of anilines is 1. The van der Waals surface area contributed by atoms with E-state index in [4.69, 9.17) is 11.6 Å². The van der Waals surface area contributed by atoms with Gasteiger partial charge in [-0.1, -0.05) is 37.6 Å². The van der Waals surface area contributed by atoms with Gasteiger partial charge in [-0.2, -0.15) is 5.10 Å². The molecule has 106 valence electrons. The lowest BCUT2D eigenvalue weighted by atomic mass is 10.1. The van der Waals surface area contributed by atoms with Crippen molar-refractivity contribution < 1.29 is 4.79 Å². The van der Waals surface area contributed by atoms with Crippen LogP contribution in [0.5, 0.6) is 0 Å². The van der Waals surface area contributed by atoms with E-state index in [1.54, 1.807) is 10.9 Å². The molecule has 1 atom stereocenters. The van der Waals surface area contributed by atoms with Crippen molar-refractivity contribution in [3.05, 3.63) is 47.2 Å². The maximum Gasteiger partial charge on any atom is 0.249 e. The highest BCUT2D eigenvalue weighted by Gasteiger charge is 2.19. The monoisotopic (exact) mass is 291 g/mol. The van der Waals surface area contributed by atoms with Crippen molar-refractivity contribution in [3.8, 4) is 0 Å². The molecule has 20 heavy (non-hydrogen) atoms. The Morgan fingerprint density at radius 2 is 2.05 bits per heavy atom. The van der Waals surface area contributed by atoms with E-state index in [9.17, 15) is 4.79 Å². The lowest BCUT2D eigenvalue weighted by Crippen LogP contribution is -2.25. The average Bonchev–Trinajstić information content (AvgIpc) is 2.87. The van der Waals surface area contributed by atoms with Crippen LogP contribution in [0.2, 0.25) is 5.02 Å². The summed E-state index contributed by atoms with van der Waals surface area (Å²) in [7, 11) is 0. The quantitative estimate of drug-likeness (QED) is 0.913. The number of amides is 1. The number of nitrogens with zero attached hydrogens (tertiary/aromatic N) is 2. The van der Waals surface area contributed by atoms with Crippen LogP contribution in [0.3, 0.4) is 0 Å². The van der Waals surface area contributed by atoms with Crippen molar-refractivity contribution >= 4 is 23.2 Å². The molecule has 0 aliphatic carbocycles. The lowest BCUT2D eigenvalue weighted by Gasteiger charge is -2.15. The smallest absolute Gasteiger partial charge is 0.249 e. The molecule has 1 amide bonds. The van der Waals surface area contributed by atoms with Gasteiger partial charge >= 0.3 is 0 Å². The first-order valence-corrected chi connectivity index (χ1v) is 7.11. The molecule has 0 fully saturated rings. The zero-order valence-corrected chi connectivity index (χ0v) is 12.4. The van der Waals surface area contributed by atoms with Crippen LogP contribution >= 0.6 is 11.6 Å². The molecular formula is C15H18ClN3O. The third kappa shape index (κ3) is 3.39. The molecule has 0 bridgehead atoms. The SMILES string of the molecule is CCc1ccc(NC(=O)[C@@H](CC)n2cc(Cl)cn2)cc1. The summed E-state index contributed by atoms with van der Waals surface area (Å²) in [5, 5.41) is 7.54. The minimum Gasteiger partial charge on any atom is -0.324 e. The van der Waals surface area contributed by atoms with Gasteiger partial charge in [-0.15, -0.1) is 0 Å². The molecular weight excluding hydrogens is 274 g/mol. The van der Waals surface area contributed by atoms with Gasteiger partial charge in [0.15, 0.2) is 0 Å². The second-order valence-corrected chi connectivity index (χ2v) is 5.04. The summed E-state index contributed by atoms with van der Waals surface area (Å²) in [4.78, 5) is 12.3. The Kier molecular flexibility index (Phi) is 4.79. The van der Waals surface area contributed by atoms with Gasteiger partial charge in [-0.3, -0.25) is 9.48 Å². The molecule has 1 N–H and O–H groups in total. The normalized spacial score (nSPS) is 12.2. The zero-order valence-electron chi connectivity index (χ0n) is 11.6. The third-order valence-corrected chi connectivity index (χ3v) is 3.40. The van der Waals surface area contributed by atoms with Gasteiger partial charge in [0.1, 0.15) is 6.04 Å². The van der Waals surface area contributed by atoms with Crippen molar-refractivity contribution in [2.45, 2.75) is 32.7 Å². The zero-order chi connectivity index (χ0) is 14.5. The maximum atomic E-state index is 12.3. The first-order valence-electron chi connectivity index (χ1n) is 6.73. The summed E-state index contributed by atoms with van der Waals surface area (Å²) >= 11 is 5.84. The topological polar surface area (TPSA) is 46.9 Å². The standard InChI is InChI=1S/C15H18ClN3O/c1-3-11-5-7-13(8-6-11)18-15(20)14(4-2)19-10-12(16)9-17-19/h5-10,14H,3-4H2,1-2H3,(H,18,20)/t14-/m1/s1. The van der Waals surface area contributed by atoms with E-state index in [1.165, 1.54) is 11.8 Å². The average molecular weight is 292 g/mol. The van der Waals surface area contributed by atoms with Gasteiger partial charge in [0.2, 0.25) is 5.91 Å². The van der Waals surface area contributed by atoms with E-state index < -0.39 is 0 Å². The molecule has 0 aliphatic heterocycles. The van der Waals surface area contributed by atoms with Crippen molar-refractivity contribution in [1.29, 1.82) is 0 Å². The van der Waals surface area contributed by atoms with Crippen LogP contribution in [0.15, 0.2) is 36.7 Å². The Bertz CT molecular complexity index is 577. The Hall–Kier alpha value is -1.81. The minimum absolute atomic E-state index is 0.0866. The highest BCUT2D eigenvalue weighted by atomic mass is 35.5. The summed E-state index contributed by atoms with van der Waals surface area (Å²) < 4.78 is 1.60. The molecule has 5 heteroatoms. The molecule has 2 rings (SSSR count). The van der Waals surface area contributed by atoms with E-state index in [0.29, 0.717) is 11.4 Å². The molecule has 0 radical (unpaired) electrons. The number of rotatable bonds is 5. The van der Waals surface area contributed by atoms with Gasteiger partial charge in [-0.05, 0) is 30.5 Å². The van der Waals surface area contributed by atoms with Crippen LogP contribution < -0.4 is 5.32 Å². The summed E-state index contributed by atoms with van der Waals surface area (Å²) in [6.45, 7) is 4.04. The number of carbonyl (C=O) groups excluding carboxylic acids is 1. The molecule has 1 aromatic carbocycles. The minimum atomic E-state index is -0.353. The molecule has 2 aromatic rings. The highest BCUT2D eigenvalue weighted by molar-refractivity contribution is 6.30. The van der Waals surface area contributed by atoms with E-state index in [0.717, 1.165) is 12.1 Å². The summed E-state index contributed by atoms with van der Waals surface area (Å²) in [5.41, 5.74) is 2.04. The predicted molar refractivity (Wildman–Crippen MR) is 81.0 cm³/mol. The first-order chi connectivity index (χ1) is 9.63. The first kappa shape index (κ1) is 14.6. The number of hydrogen-bond donors (Lipinski definition) is 1. The van der Waals surface area contributed by atoms with Gasteiger partial charge < -0.3 is 5.32 Å². The Balaban J connectivity index is 2.08. The Labute approximate surface area is 123 Å². The van der Waals surface area contributed by atoms with Crippen LogP contribution in [0, 0.1) is 0 Å². The third-order valence-electron chi connectivity index (χ3n) is 3.21. The summed E-state index contributed by atoms with van der Waals surface area (Å²) in [6.07, 6.45) is 4.83. The maximum absolute atomic E-state index is 12.3. The Morgan fingerprint density at radius 3 is 2.55 bits per heavy atom.